The second-order valence-electron chi connectivity index (χ2n) is 21.8. The van der Waals surface area contributed by atoms with Gasteiger partial charge in [0.1, 0.15) is 6.54 Å². The lowest BCUT2D eigenvalue weighted by molar-refractivity contribution is -0.576. The summed E-state index contributed by atoms with van der Waals surface area (Å²) in [6.07, 6.45) is 22.0. The maximum absolute atomic E-state index is 8.44. The summed E-state index contributed by atoms with van der Waals surface area (Å²) in [7, 11) is -3.11. The van der Waals surface area contributed by atoms with E-state index in [9.17, 15) is 0 Å². The van der Waals surface area contributed by atoms with E-state index in [0.717, 1.165) is 102 Å². The predicted molar refractivity (Wildman–Crippen MR) is 280 cm³/mol. The number of unbranched alkanes of at least 4 members (excludes halogenated alkanes) is 4. The highest BCUT2D eigenvalue weighted by Gasteiger charge is 2.70. The molecule has 2 bridgehead atoms. The number of para-hydroxylation sites is 2. The van der Waals surface area contributed by atoms with Crippen molar-refractivity contribution in [1.82, 2.24) is 5.32 Å². The summed E-state index contributed by atoms with van der Waals surface area (Å²) >= 11 is 13.1. The molecule has 1 unspecified atom stereocenters. The molecule has 8 atom stereocenters. The molecule has 10 rings (SSSR count). The van der Waals surface area contributed by atoms with E-state index in [2.05, 4.69) is 136 Å². The SMILES string of the molecule is CCCCN1C(=CC=C2CCCC(C=CC3=[N+](CCCCCCNC(=S)OC4O[C@H]5O[C@]6(C)CC[C@@H]7[C@@H](C)CC[C@H]([C@@H]4C)[C@]57OO6)c4ccccc4C3(C)C)=C2Cl)C(C)(C)c2ccccc21.O=S(=O)=O. The van der Waals surface area contributed by atoms with Gasteiger partial charge in [0, 0.05) is 77.3 Å². The number of rotatable bonds is 14. The smallest absolute Gasteiger partial charge is 0.425 e. The molecule has 2 aromatic rings. The lowest BCUT2D eigenvalue weighted by Gasteiger charge is -2.60. The highest BCUT2D eigenvalue weighted by molar-refractivity contribution is 7.80. The van der Waals surface area contributed by atoms with E-state index >= 15 is 0 Å². The zero-order valence-electron chi connectivity index (χ0n) is 42.6. The van der Waals surface area contributed by atoms with Crippen LogP contribution >= 0.6 is 23.8 Å². The minimum Gasteiger partial charge on any atom is -0.441 e. The Morgan fingerprint density at radius 2 is 1.61 bits per heavy atom. The van der Waals surface area contributed by atoms with Crippen LogP contribution in [0.2, 0.25) is 0 Å². The third-order valence-corrected chi connectivity index (χ3v) is 17.3. The van der Waals surface area contributed by atoms with Crippen LogP contribution in [0.4, 0.5) is 11.4 Å². The Balaban J connectivity index is 0.00000159. The molecular formula is C56H75ClN3O8S2+. The Kier molecular flexibility index (Phi) is 16.4. The van der Waals surface area contributed by atoms with E-state index < -0.39 is 34.6 Å². The normalized spacial score (nSPS) is 31.5. The lowest BCUT2D eigenvalue weighted by atomic mass is 9.58. The first-order chi connectivity index (χ1) is 33.4. The van der Waals surface area contributed by atoms with Gasteiger partial charge in [-0.05, 0) is 131 Å². The maximum atomic E-state index is 8.44. The monoisotopic (exact) mass is 1020 g/mol. The van der Waals surface area contributed by atoms with Crippen molar-refractivity contribution in [3.63, 3.8) is 0 Å². The van der Waals surface area contributed by atoms with Crippen LogP contribution in [0, 0.1) is 23.7 Å². The van der Waals surface area contributed by atoms with Crippen molar-refractivity contribution in [1.29, 1.82) is 0 Å². The molecule has 380 valence electrons. The summed E-state index contributed by atoms with van der Waals surface area (Å²) in [5, 5.41) is 4.67. The molecule has 70 heavy (non-hydrogen) atoms. The molecule has 0 radical (unpaired) electrons. The number of anilines is 1. The van der Waals surface area contributed by atoms with E-state index in [1.807, 2.05) is 6.92 Å². The molecule has 6 heterocycles. The Hall–Kier alpha value is -3.69. The van der Waals surface area contributed by atoms with Gasteiger partial charge < -0.3 is 24.4 Å². The average molecular weight is 1020 g/mol. The van der Waals surface area contributed by atoms with E-state index in [-0.39, 0.29) is 22.7 Å². The minimum atomic E-state index is -3.11. The number of nitrogens with zero attached hydrogens (tertiary/aromatic N) is 2. The highest BCUT2D eigenvalue weighted by atomic mass is 35.5. The van der Waals surface area contributed by atoms with Gasteiger partial charge in [-0.1, -0.05) is 108 Å². The number of thiocarbonyl (C=S) groups is 1. The van der Waals surface area contributed by atoms with Gasteiger partial charge >= 0.3 is 10.6 Å². The van der Waals surface area contributed by atoms with Crippen LogP contribution in [0.25, 0.3) is 0 Å². The number of fused-ring (bicyclic) bond motifs is 4. The van der Waals surface area contributed by atoms with Crippen LogP contribution < -0.4 is 10.2 Å². The van der Waals surface area contributed by atoms with Crippen molar-refractivity contribution >= 4 is 56.7 Å². The zero-order chi connectivity index (χ0) is 50.0. The van der Waals surface area contributed by atoms with E-state index in [4.69, 9.17) is 60.4 Å². The largest absolute Gasteiger partial charge is 0.441 e. The van der Waals surface area contributed by atoms with Gasteiger partial charge in [0.25, 0.3) is 5.17 Å². The molecular weight excluding hydrogens is 942 g/mol. The van der Waals surface area contributed by atoms with Gasteiger partial charge in [-0.25, -0.2) is 9.78 Å². The second kappa shape index (κ2) is 21.8. The van der Waals surface area contributed by atoms with Gasteiger partial charge in [-0.15, -0.1) is 12.6 Å². The third kappa shape index (κ3) is 10.4. The number of benzene rings is 2. The lowest BCUT2D eigenvalue weighted by Crippen LogP contribution is -2.70. The summed E-state index contributed by atoms with van der Waals surface area (Å²) < 4.78 is 47.3. The Labute approximate surface area is 428 Å². The molecule has 14 heteroatoms. The molecule has 8 aliphatic rings. The van der Waals surface area contributed by atoms with E-state index in [0.29, 0.717) is 17.0 Å². The standard InChI is InChI=1S/C56H74ClN3O5S.O3S/c1-9-10-35-59-45-24-15-13-22-43(45)53(4,5)47(59)30-27-39-20-19-21-40(49(39)57)28-31-48-54(6,7)44-23-14-16-25-46(44)60(48)36-18-12-11-17-34-58-52(66)62-50-38(3)42-29-26-37(2)41-32-33-55(8)63-51(61-50)56(41,42)65-64-55;1-4(2)3/h13-16,22-25,27-28,30-31,37-38,41-42,50-51H,9-12,17-21,26,29,32-36H2,1-8H3;/p+1/t37-,38-,41+,42+,50?,51-,55-,56-;/m0./s1. The first kappa shape index (κ1) is 52.6. The molecule has 1 N–H and O–H groups in total. The van der Waals surface area contributed by atoms with Crippen LogP contribution in [0.3, 0.4) is 0 Å². The van der Waals surface area contributed by atoms with Crippen LogP contribution in [-0.2, 0) is 45.4 Å². The van der Waals surface area contributed by atoms with Gasteiger partial charge in [0.05, 0.1) is 5.41 Å². The van der Waals surface area contributed by atoms with Crippen molar-refractivity contribution in [3.05, 3.63) is 106 Å². The summed E-state index contributed by atoms with van der Waals surface area (Å²) in [5.41, 5.74) is 9.78. The Bertz CT molecular complexity index is 2550. The number of allylic oxidation sites excluding steroid dienone is 8. The van der Waals surface area contributed by atoms with Crippen molar-refractivity contribution < 1.29 is 41.2 Å². The molecule has 6 aliphatic heterocycles. The summed E-state index contributed by atoms with van der Waals surface area (Å²) in [6.45, 7) is 20.9. The number of nitrogens with one attached hydrogen (secondary N) is 1. The molecule has 5 fully saturated rings. The summed E-state index contributed by atoms with van der Waals surface area (Å²) in [5.74, 6) is 0.300. The van der Waals surface area contributed by atoms with Gasteiger partial charge in [0.2, 0.25) is 17.8 Å². The van der Waals surface area contributed by atoms with Crippen molar-refractivity contribution in [3.8, 4) is 0 Å². The second-order valence-corrected chi connectivity index (χ2v) is 23.0. The molecule has 0 amide bonds. The van der Waals surface area contributed by atoms with Crippen molar-refractivity contribution in [2.24, 2.45) is 23.7 Å². The quantitative estimate of drug-likeness (QED) is 0.0844. The fourth-order valence-corrected chi connectivity index (χ4v) is 13.3. The minimum absolute atomic E-state index is 0.0690. The van der Waals surface area contributed by atoms with E-state index in [1.165, 1.54) is 51.5 Å². The maximum Gasteiger partial charge on any atom is 0.425 e. The van der Waals surface area contributed by atoms with E-state index in [1.54, 1.807) is 0 Å². The van der Waals surface area contributed by atoms with Gasteiger partial charge in [0.15, 0.2) is 17.6 Å². The Morgan fingerprint density at radius 1 is 0.886 bits per heavy atom. The number of ether oxygens (including phenoxy) is 3. The number of halogens is 1. The third-order valence-electron chi connectivity index (χ3n) is 16.6. The molecule has 11 nitrogen and oxygen atoms in total. The van der Waals surface area contributed by atoms with Crippen LogP contribution in [-0.4, -0.2) is 71.7 Å². The van der Waals surface area contributed by atoms with Crippen LogP contribution in [0.5, 0.6) is 0 Å². The molecule has 1 spiro atoms. The zero-order valence-corrected chi connectivity index (χ0v) is 44.9. The molecule has 2 aromatic carbocycles. The van der Waals surface area contributed by atoms with Crippen molar-refractivity contribution in [2.75, 3.05) is 24.5 Å². The predicted octanol–water partition coefficient (Wildman–Crippen LogP) is 12.4. The van der Waals surface area contributed by atoms with Crippen molar-refractivity contribution in [2.45, 2.75) is 174 Å². The fourth-order valence-electron chi connectivity index (χ4n) is 12.7. The first-order valence-electron chi connectivity index (χ1n) is 25.9. The van der Waals surface area contributed by atoms with Crippen LogP contribution in [0.15, 0.2) is 94.7 Å². The van der Waals surface area contributed by atoms with Crippen LogP contribution in [0.1, 0.15) is 150 Å². The topological polar surface area (TPSA) is 116 Å². The molecule has 0 aromatic heterocycles. The fraction of sp³-hybridized carbons (Fsp3) is 0.607. The molecule has 4 saturated heterocycles. The van der Waals surface area contributed by atoms with Gasteiger partial charge in [-0.3, -0.25) is 0 Å². The summed E-state index contributed by atoms with van der Waals surface area (Å²) in [4.78, 5) is 14.8. The Morgan fingerprint density at radius 3 is 2.39 bits per heavy atom. The highest BCUT2D eigenvalue weighted by Crippen LogP contribution is 2.60. The number of hydrogen-bond donors (Lipinski definition) is 1. The molecule has 1 saturated carbocycles. The number of hydrogen-bond acceptors (Lipinski definition) is 10. The average Bonchev–Trinajstić information content (AvgIpc) is 3.50. The van der Waals surface area contributed by atoms with Gasteiger partial charge in [-0.2, -0.15) is 4.58 Å². The first-order valence-corrected chi connectivity index (χ1v) is 27.7. The summed E-state index contributed by atoms with van der Waals surface area (Å²) in [6, 6.07) is 17.8. The molecule has 2 aliphatic carbocycles.